The summed E-state index contributed by atoms with van der Waals surface area (Å²) in [5.74, 6) is 1.30. The van der Waals surface area contributed by atoms with Gasteiger partial charge in [-0.3, -0.25) is 9.69 Å². The number of ether oxygens (including phenoxy) is 1. The van der Waals surface area contributed by atoms with Gasteiger partial charge in [0.25, 0.3) is 5.56 Å². The molecular formula is C18H23N3O3. The molecule has 3 heterocycles. The number of hydrogen-bond donors (Lipinski definition) is 2. The molecule has 0 amide bonds. The van der Waals surface area contributed by atoms with Gasteiger partial charge in [-0.25, -0.2) is 4.98 Å². The number of fused-ring (bicyclic) bond motifs is 2. The Hall–Kier alpha value is -1.92. The standard InChI is InChI=1S/C18H23N3O3/c1-10-19-13-9-14-12(8-11(13)17(23)20-10)15(21-6-4-5-7-21)16(22)18(2,3)24-14/h8-9,15-16,22H,4-7H2,1-3H3,(H,19,20,23)/t15-,16+/m1/s1. The number of H-pyrrole nitrogens is 1. The minimum Gasteiger partial charge on any atom is -0.485 e. The first-order valence-electron chi connectivity index (χ1n) is 8.52. The first-order chi connectivity index (χ1) is 11.4. The number of nitrogens with one attached hydrogen (secondary N) is 1. The number of aromatic amines is 1. The molecule has 0 radical (unpaired) electrons. The second-order valence-corrected chi connectivity index (χ2v) is 7.40. The second kappa shape index (κ2) is 5.29. The monoisotopic (exact) mass is 329 g/mol. The average molecular weight is 329 g/mol. The number of aliphatic hydroxyl groups excluding tert-OH is 1. The molecule has 1 aromatic heterocycles. The van der Waals surface area contributed by atoms with Gasteiger partial charge in [-0.15, -0.1) is 0 Å². The van der Waals surface area contributed by atoms with Crippen LogP contribution in [0.1, 0.15) is 44.1 Å². The summed E-state index contributed by atoms with van der Waals surface area (Å²) in [5.41, 5.74) is 0.666. The van der Waals surface area contributed by atoms with E-state index in [1.54, 1.807) is 6.92 Å². The molecule has 128 valence electrons. The predicted molar refractivity (Wildman–Crippen MR) is 91.4 cm³/mol. The molecule has 2 aromatic rings. The third-order valence-electron chi connectivity index (χ3n) is 5.19. The van der Waals surface area contributed by atoms with Crippen molar-refractivity contribution in [2.24, 2.45) is 0 Å². The van der Waals surface area contributed by atoms with Gasteiger partial charge in [0.1, 0.15) is 23.3 Å². The Labute approximate surface area is 140 Å². The lowest BCUT2D eigenvalue weighted by molar-refractivity contribution is -0.0894. The molecule has 4 rings (SSSR count). The van der Waals surface area contributed by atoms with Crippen LogP contribution in [0.2, 0.25) is 0 Å². The highest BCUT2D eigenvalue weighted by Gasteiger charge is 2.46. The van der Waals surface area contributed by atoms with E-state index in [-0.39, 0.29) is 11.6 Å². The zero-order valence-electron chi connectivity index (χ0n) is 14.3. The molecule has 2 atom stereocenters. The van der Waals surface area contributed by atoms with Gasteiger partial charge in [0.15, 0.2) is 0 Å². The Morgan fingerprint density at radius 3 is 2.75 bits per heavy atom. The van der Waals surface area contributed by atoms with E-state index < -0.39 is 11.7 Å². The summed E-state index contributed by atoms with van der Waals surface area (Å²) in [5, 5.41) is 11.5. The molecule has 24 heavy (non-hydrogen) atoms. The number of nitrogens with zero attached hydrogens (tertiary/aromatic N) is 2. The fourth-order valence-corrected chi connectivity index (χ4v) is 3.93. The van der Waals surface area contributed by atoms with E-state index in [4.69, 9.17) is 4.74 Å². The molecule has 6 nitrogen and oxygen atoms in total. The lowest BCUT2D eigenvalue weighted by Gasteiger charge is -2.45. The summed E-state index contributed by atoms with van der Waals surface area (Å²) in [6.45, 7) is 7.49. The molecule has 1 saturated heterocycles. The Morgan fingerprint density at radius 1 is 1.33 bits per heavy atom. The molecule has 0 unspecified atom stereocenters. The van der Waals surface area contributed by atoms with Crippen LogP contribution in [0.4, 0.5) is 0 Å². The molecule has 0 spiro atoms. The highest BCUT2D eigenvalue weighted by atomic mass is 16.5. The van der Waals surface area contributed by atoms with Gasteiger partial charge >= 0.3 is 0 Å². The zero-order valence-corrected chi connectivity index (χ0v) is 14.3. The summed E-state index contributed by atoms with van der Waals surface area (Å²) >= 11 is 0. The van der Waals surface area contributed by atoms with Gasteiger partial charge in [-0.05, 0) is 52.8 Å². The molecule has 1 aromatic carbocycles. The van der Waals surface area contributed by atoms with Crippen molar-refractivity contribution in [2.45, 2.75) is 51.4 Å². The fraction of sp³-hybridized carbons (Fsp3) is 0.556. The van der Waals surface area contributed by atoms with Crippen molar-refractivity contribution < 1.29 is 9.84 Å². The van der Waals surface area contributed by atoms with E-state index >= 15 is 0 Å². The number of hydrogen-bond acceptors (Lipinski definition) is 5. The van der Waals surface area contributed by atoms with E-state index in [0.29, 0.717) is 22.5 Å². The van der Waals surface area contributed by atoms with Crippen LogP contribution in [0.3, 0.4) is 0 Å². The normalized spacial score (nSPS) is 26.3. The Bertz CT molecular complexity index is 852. The smallest absolute Gasteiger partial charge is 0.258 e. The summed E-state index contributed by atoms with van der Waals surface area (Å²) < 4.78 is 6.08. The van der Waals surface area contributed by atoms with E-state index in [1.807, 2.05) is 26.0 Å². The summed E-state index contributed by atoms with van der Waals surface area (Å²) in [7, 11) is 0. The second-order valence-electron chi connectivity index (χ2n) is 7.40. The topological polar surface area (TPSA) is 78.5 Å². The van der Waals surface area contributed by atoms with Crippen LogP contribution in [0.5, 0.6) is 5.75 Å². The highest BCUT2D eigenvalue weighted by molar-refractivity contribution is 5.81. The van der Waals surface area contributed by atoms with Crippen molar-refractivity contribution in [2.75, 3.05) is 13.1 Å². The first-order valence-corrected chi connectivity index (χ1v) is 8.52. The van der Waals surface area contributed by atoms with E-state index in [0.717, 1.165) is 31.5 Å². The molecular weight excluding hydrogens is 306 g/mol. The Balaban J connectivity index is 1.94. The number of likely N-dealkylation sites (tertiary alicyclic amines) is 1. The Morgan fingerprint density at radius 2 is 2.04 bits per heavy atom. The van der Waals surface area contributed by atoms with Crippen LogP contribution in [-0.2, 0) is 0 Å². The van der Waals surface area contributed by atoms with Crippen molar-refractivity contribution in [3.63, 3.8) is 0 Å². The van der Waals surface area contributed by atoms with E-state index in [1.165, 1.54) is 0 Å². The van der Waals surface area contributed by atoms with Crippen molar-refractivity contribution in [3.8, 4) is 5.75 Å². The maximum Gasteiger partial charge on any atom is 0.258 e. The minimum absolute atomic E-state index is 0.153. The van der Waals surface area contributed by atoms with E-state index in [9.17, 15) is 9.90 Å². The quantitative estimate of drug-likeness (QED) is 0.835. The summed E-state index contributed by atoms with van der Waals surface area (Å²) in [4.78, 5) is 21.8. The molecule has 0 saturated carbocycles. The molecule has 2 aliphatic rings. The van der Waals surface area contributed by atoms with E-state index in [2.05, 4.69) is 14.9 Å². The van der Waals surface area contributed by atoms with Crippen LogP contribution in [-0.4, -0.2) is 44.8 Å². The van der Waals surface area contributed by atoms with Crippen LogP contribution in [0.25, 0.3) is 10.9 Å². The molecule has 6 heteroatoms. The van der Waals surface area contributed by atoms with Crippen LogP contribution < -0.4 is 10.3 Å². The molecule has 2 aliphatic heterocycles. The highest BCUT2D eigenvalue weighted by Crippen LogP contribution is 2.44. The van der Waals surface area contributed by atoms with Gasteiger partial charge in [0.05, 0.1) is 16.9 Å². The number of aromatic nitrogens is 2. The summed E-state index contributed by atoms with van der Waals surface area (Å²) in [6, 6.07) is 3.53. The Kier molecular flexibility index (Phi) is 3.44. The number of rotatable bonds is 1. The van der Waals surface area contributed by atoms with Crippen LogP contribution >= 0.6 is 0 Å². The van der Waals surface area contributed by atoms with Gasteiger partial charge < -0.3 is 14.8 Å². The molecule has 2 N–H and O–H groups in total. The number of aryl methyl sites for hydroxylation is 1. The average Bonchev–Trinajstić information content (AvgIpc) is 3.01. The van der Waals surface area contributed by atoms with Gasteiger partial charge in [0, 0.05) is 11.6 Å². The van der Waals surface area contributed by atoms with Crippen molar-refractivity contribution in [1.82, 2.24) is 14.9 Å². The largest absolute Gasteiger partial charge is 0.485 e. The van der Waals surface area contributed by atoms with Gasteiger partial charge in [-0.1, -0.05) is 0 Å². The number of benzene rings is 1. The van der Waals surface area contributed by atoms with Crippen LogP contribution in [0, 0.1) is 6.92 Å². The van der Waals surface area contributed by atoms with Gasteiger partial charge in [0.2, 0.25) is 0 Å². The van der Waals surface area contributed by atoms with Crippen molar-refractivity contribution in [3.05, 3.63) is 33.9 Å². The van der Waals surface area contributed by atoms with Crippen molar-refractivity contribution in [1.29, 1.82) is 0 Å². The minimum atomic E-state index is -0.690. The van der Waals surface area contributed by atoms with Crippen molar-refractivity contribution >= 4 is 10.9 Å². The predicted octanol–water partition coefficient (Wildman–Crippen LogP) is 1.90. The SMILES string of the molecule is Cc1nc2cc3c(cc2c(=O)[nH]1)[C@@H](N1CCCC1)[C@H](O)C(C)(C)O3. The first kappa shape index (κ1) is 15.6. The van der Waals surface area contributed by atoms with Gasteiger partial charge in [-0.2, -0.15) is 0 Å². The zero-order chi connectivity index (χ0) is 17.1. The molecule has 0 aliphatic carbocycles. The molecule has 1 fully saturated rings. The lowest BCUT2D eigenvalue weighted by atomic mass is 9.85. The fourth-order valence-electron chi connectivity index (χ4n) is 3.93. The molecule has 0 bridgehead atoms. The summed E-state index contributed by atoms with van der Waals surface area (Å²) in [6.07, 6.45) is 1.61. The van der Waals surface area contributed by atoms with Crippen LogP contribution in [0.15, 0.2) is 16.9 Å². The lowest BCUT2D eigenvalue weighted by Crippen LogP contribution is -2.53. The third kappa shape index (κ3) is 2.32. The third-order valence-corrected chi connectivity index (χ3v) is 5.19. The maximum atomic E-state index is 12.3. The number of aliphatic hydroxyl groups is 1. The maximum absolute atomic E-state index is 12.3.